The fourth-order valence-corrected chi connectivity index (χ4v) is 3.12. The van der Waals surface area contributed by atoms with E-state index in [0.29, 0.717) is 24.4 Å². The zero-order valence-corrected chi connectivity index (χ0v) is 15.6. The standard InChI is InChI=1S/C19H28N2O4/c1-12(2)17(19(23)21-10-13(3)25-14(4)11-21)20-18(22)15-8-6-7-9-16(15)24-5/h6-9,12-14,17H,10-11H2,1-5H3,(H,20,22)/t13-,14+,17-/m0/s1. The number of para-hydroxylation sites is 1. The summed E-state index contributed by atoms with van der Waals surface area (Å²) in [5.41, 5.74) is 0.423. The van der Waals surface area contributed by atoms with E-state index in [0.717, 1.165) is 0 Å². The van der Waals surface area contributed by atoms with Gasteiger partial charge in [0.05, 0.1) is 24.9 Å². The molecule has 0 spiro atoms. The van der Waals surface area contributed by atoms with Gasteiger partial charge >= 0.3 is 0 Å². The van der Waals surface area contributed by atoms with Gasteiger partial charge in [-0.05, 0) is 31.9 Å². The maximum Gasteiger partial charge on any atom is 0.255 e. The molecule has 1 fully saturated rings. The van der Waals surface area contributed by atoms with E-state index in [2.05, 4.69) is 5.32 Å². The summed E-state index contributed by atoms with van der Waals surface area (Å²) in [6, 6.07) is 6.41. The summed E-state index contributed by atoms with van der Waals surface area (Å²) in [4.78, 5) is 27.4. The number of hydrogen-bond donors (Lipinski definition) is 1. The minimum atomic E-state index is -0.588. The van der Waals surface area contributed by atoms with E-state index in [4.69, 9.17) is 9.47 Å². The van der Waals surface area contributed by atoms with Crippen LogP contribution in [0.15, 0.2) is 24.3 Å². The fraction of sp³-hybridized carbons (Fsp3) is 0.579. The number of nitrogens with one attached hydrogen (secondary N) is 1. The highest BCUT2D eigenvalue weighted by Gasteiger charge is 2.33. The SMILES string of the molecule is COc1ccccc1C(=O)N[C@H](C(=O)N1C[C@@H](C)O[C@@H](C)C1)C(C)C. The lowest BCUT2D eigenvalue weighted by Crippen LogP contribution is -2.56. The Kier molecular flexibility index (Phi) is 6.42. The lowest BCUT2D eigenvalue weighted by atomic mass is 10.0. The minimum absolute atomic E-state index is 0.00886. The highest BCUT2D eigenvalue weighted by molar-refractivity contribution is 5.99. The van der Waals surface area contributed by atoms with Crippen LogP contribution in [0, 0.1) is 5.92 Å². The molecule has 0 unspecified atom stereocenters. The average molecular weight is 348 g/mol. The van der Waals surface area contributed by atoms with Crippen LogP contribution in [-0.2, 0) is 9.53 Å². The van der Waals surface area contributed by atoms with Gasteiger partial charge in [0.15, 0.2) is 0 Å². The van der Waals surface area contributed by atoms with Crippen LogP contribution < -0.4 is 10.1 Å². The number of nitrogens with zero attached hydrogens (tertiary/aromatic N) is 1. The summed E-state index contributed by atoms with van der Waals surface area (Å²) < 4.78 is 10.9. The van der Waals surface area contributed by atoms with Gasteiger partial charge < -0.3 is 19.7 Å². The normalized spacial score (nSPS) is 21.8. The Morgan fingerprint density at radius 3 is 2.36 bits per heavy atom. The Morgan fingerprint density at radius 2 is 1.80 bits per heavy atom. The Balaban J connectivity index is 2.15. The van der Waals surface area contributed by atoms with Crippen LogP contribution in [0.25, 0.3) is 0 Å². The molecule has 2 amide bonds. The predicted molar refractivity (Wildman–Crippen MR) is 95.7 cm³/mol. The first-order valence-electron chi connectivity index (χ1n) is 8.71. The van der Waals surface area contributed by atoms with Gasteiger partial charge in [-0.3, -0.25) is 9.59 Å². The Hall–Kier alpha value is -2.08. The van der Waals surface area contributed by atoms with Crippen LogP contribution in [0.4, 0.5) is 0 Å². The first-order chi connectivity index (χ1) is 11.8. The van der Waals surface area contributed by atoms with Crippen molar-refractivity contribution in [2.24, 2.45) is 5.92 Å². The van der Waals surface area contributed by atoms with E-state index in [-0.39, 0.29) is 29.9 Å². The molecular weight excluding hydrogens is 320 g/mol. The number of carbonyl (C=O) groups excluding carboxylic acids is 2. The number of ether oxygens (including phenoxy) is 2. The minimum Gasteiger partial charge on any atom is -0.496 e. The second-order valence-electron chi connectivity index (χ2n) is 6.90. The van der Waals surface area contributed by atoms with Crippen molar-refractivity contribution in [2.75, 3.05) is 20.2 Å². The Labute approximate surface area is 149 Å². The Morgan fingerprint density at radius 1 is 1.20 bits per heavy atom. The number of carbonyl (C=O) groups is 2. The molecular formula is C19H28N2O4. The molecule has 138 valence electrons. The van der Waals surface area contributed by atoms with E-state index in [9.17, 15) is 9.59 Å². The number of benzene rings is 1. The molecule has 0 aliphatic carbocycles. The predicted octanol–water partition coefficient (Wildman–Crippen LogP) is 2.09. The van der Waals surface area contributed by atoms with Gasteiger partial charge in [0.25, 0.3) is 5.91 Å². The van der Waals surface area contributed by atoms with E-state index in [1.165, 1.54) is 7.11 Å². The van der Waals surface area contributed by atoms with Gasteiger partial charge in [0.1, 0.15) is 11.8 Å². The first-order valence-corrected chi connectivity index (χ1v) is 8.71. The molecule has 6 nitrogen and oxygen atoms in total. The molecule has 1 saturated heterocycles. The molecule has 1 aliphatic heterocycles. The van der Waals surface area contributed by atoms with Crippen molar-refractivity contribution in [1.82, 2.24) is 10.2 Å². The zero-order chi connectivity index (χ0) is 18.6. The van der Waals surface area contributed by atoms with E-state index in [1.807, 2.05) is 27.7 Å². The maximum atomic E-state index is 13.0. The monoisotopic (exact) mass is 348 g/mol. The van der Waals surface area contributed by atoms with Crippen LogP contribution in [-0.4, -0.2) is 55.2 Å². The number of methoxy groups -OCH3 is 1. The highest BCUT2D eigenvalue weighted by atomic mass is 16.5. The smallest absolute Gasteiger partial charge is 0.255 e. The van der Waals surface area contributed by atoms with Crippen molar-refractivity contribution < 1.29 is 19.1 Å². The van der Waals surface area contributed by atoms with Crippen LogP contribution in [0.2, 0.25) is 0 Å². The number of hydrogen-bond acceptors (Lipinski definition) is 4. The van der Waals surface area contributed by atoms with Gasteiger partial charge in [0, 0.05) is 13.1 Å². The molecule has 0 bridgehead atoms. The molecule has 0 aromatic heterocycles. The number of amides is 2. The van der Waals surface area contributed by atoms with Crippen LogP contribution >= 0.6 is 0 Å². The second kappa shape index (κ2) is 8.34. The van der Waals surface area contributed by atoms with Gasteiger partial charge in [-0.1, -0.05) is 26.0 Å². The number of morpholine rings is 1. The second-order valence-corrected chi connectivity index (χ2v) is 6.90. The molecule has 1 N–H and O–H groups in total. The third-order valence-electron chi connectivity index (χ3n) is 4.30. The Bertz CT molecular complexity index is 607. The molecule has 1 aliphatic rings. The zero-order valence-electron chi connectivity index (χ0n) is 15.6. The van der Waals surface area contributed by atoms with Gasteiger partial charge in [-0.25, -0.2) is 0 Å². The molecule has 1 aromatic rings. The van der Waals surface area contributed by atoms with Crippen molar-refractivity contribution in [3.63, 3.8) is 0 Å². The van der Waals surface area contributed by atoms with Gasteiger partial charge in [-0.2, -0.15) is 0 Å². The van der Waals surface area contributed by atoms with Crippen LogP contribution in [0.3, 0.4) is 0 Å². The summed E-state index contributed by atoms with van der Waals surface area (Å²) >= 11 is 0. The van der Waals surface area contributed by atoms with Crippen molar-refractivity contribution in [2.45, 2.75) is 45.9 Å². The molecule has 25 heavy (non-hydrogen) atoms. The lowest BCUT2D eigenvalue weighted by molar-refractivity contribution is -0.146. The van der Waals surface area contributed by atoms with E-state index >= 15 is 0 Å². The van der Waals surface area contributed by atoms with Crippen molar-refractivity contribution >= 4 is 11.8 Å². The van der Waals surface area contributed by atoms with Crippen LogP contribution in [0.5, 0.6) is 5.75 Å². The van der Waals surface area contributed by atoms with Gasteiger partial charge in [0.2, 0.25) is 5.91 Å². The summed E-state index contributed by atoms with van der Waals surface area (Å²) in [5, 5.41) is 2.88. The quantitative estimate of drug-likeness (QED) is 0.885. The highest BCUT2D eigenvalue weighted by Crippen LogP contribution is 2.19. The molecule has 3 atom stereocenters. The van der Waals surface area contributed by atoms with Gasteiger partial charge in [-0.15, -0.1) is 0 Å². The topological polar surface area (TPSA) is 67.9 Å². The summed E-state index contributed by atoms with van der Waals surface area (Å²) in [7, 11) is 1.52. The van der Waals surface area contributed by atoms with Crippen LogP contribution in [0.1, 0.15) is 38.1 Å². The largest absolute Gasteiger partial charge is 0.496 e. The molecule has 1 heterocycles. The maximum absolute atomic E-state index is 13.0. The third-order valence-corrected chi connectivity index (χ3v) is 4.30. The summed E-state index contributed by atoms with van der Waals surface area (Å²) in [6.07, 6.45) is -0.0177. The van der Waals surface area contributed by atoms with E-state index < -0.39 is 6.04 Å². The van der Waals surface area contributed by atoms with Crippen molar-refractivity contribution in [3.05, 3.63) is 29.8 Å². The molecule has 6 heteroatoms. The van der Waals surface area contributed by atoms with Crippen molar-refractivity contribution in [1.29, 1.82) is 0 Å². The first kappa shape index (κ1) is 19.2. The third kappa shape index (κ3) is 4.72. The molecule has 1 aromatic carbocycles. The van der Waals surface area contributed by atoms with E-state index in [1.54, 1.807) is 29.2 Å². The molecule has 0 saturated carbocycles. The summed E-state index contributed by atoms with van der Waals surface area (Å²) in [6.45, 7) is 8.84. The average Bonchev–Trinajstić information content (AvgIpc) is 2.57. The number of rotatable bonds is 5. The molecule has 0 radical (unpaired) electrons. The van der Waals surface area contributed by atoms with Crippen molar-refractivity contribution in [3.8, 4) is 5.75 Å². The lowest BCUT2D eigenvalue weighted by Gasteiger charge is -2.38. The molecule has 2 rings (SSSR count). The fourth-order valence-electron chi connectivity index (χ4n) is 3.12. The summed E-state index contributed by atoms with van der Waals surface area (Å²) in [5.74, 6) is 0.0855.